The van der Waals surface area contributed by atoms with Crippen molar-refractivity contribution < 1.29 is 0 Å². The average molecular weight is 320 g/mol. The number of nitrogens with zero attached hydrogens (tertiary/aromatic N) is 3. The predicted molar refractivity (Wildman–Crippen MR) is 89.4 cm³/mol. The van der Waals surface area contributed by atoms with Gasteiger partial charge in [-0.2, -0.15) is 0 Å². The van der Waals surface area contributed by atoms with Crippen LogP contribution in [-0.2, 0) is 0 Å². The van der Waals surface area contributed by atoms with Crippen LogP contribution in [0, 0.1) is 13.8 Å². The number of hydrogen-bond donors (Lipinski definition) is 0. The molecule has 0 fully saturated rings. The van der Waals surface area contributed by atoms with Gasteiger partial charge in [0.2, 0.25) is 0 Å². The van der Waals surface area contributed by atoms with Crippen LogP contribution < -0.4 is 0 Å². The van der Waals surface area contributed by atoms with Gasteiger partial charge in [0, 0.05) is 16.0 Å². The number of aryl methyl sites for hydroxylation is 2. The van der Waals surface area contributed by atoms with Gasteiger partial charge in [0.15, 0.2) is 5.65 Å². The second kappa shape index (κ2) is 5.43. The molecular formula is C16H18ClN3S. The molecule has 0 N–H and O–H groups in total. The second-order valence-corrected chi connectivity index (χ2v) is 7.35. The van der Waals surface area contributed by atoms with Crippen LogP contribution in [0.1, 0.15) is 46.4 Å². The molecule has 110 valence electrons. The zero-order valence-electron chi connectivity index (χ0n) is 12.6. The summed E-state index contributed by atoms with van der Waals surface area (Å²) in [5.74, 6) is 0.881. The molecule has 0 amide bonds. The minimum Gasteiger partial charge on any atom is -0.303 e. The maximum absolute atomic E-state index is 6.36. The van der Waals surface area contributed by atoms with Gasteiger partial charge in [0.05, 0.1) is 11.4 Å². The second-order valence-electron chi connectivity index (χ2n) is 5.38. The summed E-state index contributed by atoms with van der Waals surface area (Å²) in [4.78, 5) is 11.9. The van der Waals surface area contributed by atoms with Gasteiger partial charge in [0.25, 0.3) is 0 Å². The van der Waals surface area contributed by atoms with Gasteiger partial charge < -0.3 is 4.57 Å². The van der Waals surface area contributed by atoms with E-state index in [0.29, 0.717) is 0 Å². The molecule has 0 saturated carbocycles. The van der Waals surface area contributed by atoms with Crippen molar-refractivity contribution in [2.75, 3.05) is 0 Å². The highest BCUT2D eigenvalue weighted by Crippen LogP contribution is 2.33. The third kappa shape index (κ3) is 2.47. The number of thiophene rings is 1. The Morgan fingerprint density at radius 1 is 1.19 bits per heavy atom. The maximum Gasteiger partial charge on any atom is 0.160 e. The van der Waals surface area contributed by atoms with E-state index >= 15 is 0 Å². The lowest BCUT2D eigenvalue weighted by molar-refractivity contribution is 0.623. The third-order valence-electron chi connectivity index (χ3n) is 3.72. The van der Waals surface area contributed by atoms with E-state index < -0.39 is 0 Å². The number of rotatable bonds is 3. The molecule has 0 aromatic carbocycles. The highest BCUT2D eigenvalue weighted by Gasteiger charge is 2.22. The van der Waals surface area contributed by atoms with Gasteiger partial charge in [-0.3, -0.25) is 0 Å². The van der Waals surface area contributed by atoms with E-state index in [-0.39, 0.29) is 11.4 Å². The first-order valence-corrected chi connectivity index (χ1v) is 8.28. The minimum absolute atomic E-state index is 0.151. The Bertz CT molecular complexity index is 788. The lowest BCUT2D eigenvalue weighted by Gasteiger charge is -2.16. The summed E-state index contributed by atoms with van der Waals surface area (Å²) >= 11 is 8.17. The van der Waals surface area contributed by atoms with Crippen LogP contribution in [-0.4, -0.2) is 14.5 Å². The molecule has 3 heterocycles. The van der Waals surface area contributed by atoms with Crippen LogP contribution in [0.15, 0.2) is 24.4 Å². The highest BCUT2D eigenvalue weighted by atomic mass is 35.5. The molecule has 5 heteroatoms. The summed E-state index contributed by atoms with van der Waals surface area (Å²) in [6, 6.07) is 6.49. The van der Waals surface area contributed by atoms with Gasteiger partial charge >= 0.3 is 0 Å². The highest BCUT2D eigenvalue weighted by molar-refractivity contribution is 7.12. The number of alkyl halides is 1. The Morgan fingerprint density at radius 2 is 1.95 bits per heavy atom. The molecule has 0 spiro atoms. The molecule has 2 atom stereocenters. The molecule has 3 rings (SSSR count). The normalized spacial score (nSPS) is 14.5. The van der Waals surface area contributed by atoms with E-state index in [1.165, 1.54) is 9.75 Å². The van der Waals surface area contributed by atoms with E-state index in [9.17, 15) is 0 Å². The summed E-state index contributed by atoms with van der Waals surface area (Å²) < 4.78 is 2.17. The smallest absolute Gasteiger partial charge is 0.160 e. The first-order chi connectivity index (χ1) is 9.99. The summed E-state index contributed by atoms with van der Waals surface area (Å²) in [5.41, 5.74) is 2.99. The summed E-state index contributed by atoms with van der Waals surface area (Å²) in [7, 11) is 0. The van der Waals surface area contributed by atoms with Crippen LogP contribution in [0.2, 0.25) is 0 Å². The Hall–Kier alpha value is -1.39. The first kappa shape index (κ1) is 14.5. The quantitative estimate of drug-likeness (QED) is 0.635. The van der Waals surface area contributed by atoms with Gasteiger partial charge in [-0.15, -0.1) is 22.9 Å². The standard InChI is InChI=1S/C16H18ClN3S/c1-9-7-8-18-16-14(9)19-15(11(3)17)20(16)12(4)13-6-5-10(2)21-13/h5-8,11-12H,1-4H3. The molecule has 0 aliphatic rings. The maximum atomic E-state index is 6.36. The number of pyridine rings is 1. The van der Waals surface area contributed by atoms with Crippen LogP contribution in [0.5, 0.6) is 0 Å². The SMILES string of the molecule is Cc1ccc(C(C)n2c(C(C)Cl)nc3c(C)ccnc32)s1. The fourth-order valence-corrected chi connectivity index (χ4v) is 3.67. The number of imidazole rings is 1. The van der Waals surface area contributed by atoms with Crippen molar-refractivity contribution in [3.8, 4) is 0 Å². The summed E-state index contributed by atoms with van der Waals surface area (Å²) in [6.45, 7) is 8.32. The molecule has 3 aromatic heterocycles. The Balaban J connectivity index is 2.24. The monoisotopic (exact) mass is 319 g/mol. The van der Waals surface area contributed by atoms with Crippen molar-refractivity contribution in [3.05, 3.63) is 45.5 Å². The largest absolute Gasteiger partial charge is 0.303 e. The van der Waals surface area contributed by atoms with Crippen molar-refractivity contribution in [1.29, 1.82) is 0 Å². The molecule has 3 aromatic rings. The zero-order valence-corrected chi connectivity index (χ0v) is 14.2. The number of aromatic nitrogens is 3. The summed E-state index contributed by atoms with van der Waals surface area (Å²) in [6.07, 6.45) is 1.84. The van der Waals surface area contributed by atoms with Crippen molar-refractivity contribution in [2.45, 2.75) is 39.1 Å². The average Bonchev–Trinajstić information content (AvgIpc) is 3.02. The molecule has 0 aliphatic heterocycles. The lowest BCUT2D eigenvalue weighted by atomic mass is 10.2. The molecule has 0 bridgehead atoms. The molecule has 3 nitrogen and oxygen atoms in total. The number of halogens is 1. The van der Waals surface area contributed by atoms with Crippen molar-refractivity contribution in [1.82, 2.24) is 14.5 Å². The van der Waals surface area contributed by atoms with Crippen LogP contribution in [0.3, 0.4) is 0 Å². The molecule has 0 aliphatic carbocycles. The van der Waals surface area contributed by atoms with Crippen molar-refractivity contribution >= 4 is 34.1 Å². The summed E-state index contributed by atoms with van der Waals surface area (Å²) in [5, 5.41) is -0.151. The third-order valence-corrected chi connectivity index (χ3v) is 5.09. The zero-order chi connectivity index (χ0) is 15.1. The van der Waals surface area contributed by atoms with Crippen LogP contribution in [0.25, 0.3) is 11.2 Å². The first-order valence-electron chi connectivity index (χ1n) is 7.03. The van der Waals surface area contributed by atoms with E-state index in [2.05, 4.69) is 42.5 Å². The lowest BCUT2D eigenvalue weighted by Crippen LogP contribution is -2.10. The molecule has 0 saturated heterocycles. The predicted octanol–water partition coefficient (Wildman–Crippen LogP) is 5.02. The molecular weight excluding hydrogens is 302 g/mol. The number of fused-ring (bicyclic) bond motifs is 1. The van der Waals surface area contributed by atoms with E-state index in [1.807, 2.05) is 30.5 Å². The molecule has 2 unspecified atom stereocenters. The Labute approximate surface area is 133 Å². The fourth-order valence-electron chi connectivity index (χ4n) is 2.60. The number of hydrogen-bond acceptors (Lipinski definition) is 3. The van der Waals surface area contributed by atoms with Crippen LogP contribution in [0.4, 0.5) is 0 Å². The minimum atomic E-state index is -0.151. The van der Waals surface area contributed by atoms with Crippen LogP contribution >= 0.6 is 22.9 Å². The van der Waals surface area contributed by atoms with E-state index in [4.69, 9.17) is 16.6 Å². The van der Waals surface area contributed by atoms with E-state index in [1.54, 1.807) is 0 Å². The topological polar surface area (TPSA) is 30.7 Å². The van der Waals surface area contributed by atoms with E-state index in [0.717, 1.165) is 22.6 Å². The fraction of sp³-hybridized carbons (Fsp3) is 0.375. The molecule has 21 heavy (non-hydrogen) atoms. The Kier molecular flexibility index (Phi) is 3.76. The van der Waals surface area contributed by atoms with Gasteiger partial charge in [-0.25, -0.2) is 9.97 Å². The Morgan fingerprint density at radius 3 is 2.57 bits per heavy atom. The van der Waals surface area contributed by atoms with Gasteiger partial charge in [0.1, 0.15) is 11.3 Å². The molecule has 0 radical (unpaired) electrons. The van der Waals surface area contributed by atoms with Gasteiger partial charge in [-0.1, -0.05) is 0 Å². The van der Waals surface area contributed by atoms with Crippen molar-refractivity contribution in [2.24, 2.45) is 0 Å². The van der Waals surface area contributed by atoms with Crippen molar-refractivity contribution in [3.63, 3.8) is 0 Å². The van der Waals surface area contributed by atoms with Gasteiger partial charge in [-0.05, 0) is 51.5 Å².